The maximum Gasteiger partial charge on any atom is 0.308 e. The van der Waals surface area contributed by atoms with Gasteiger partial charge in [0.1, 0.15) is 0 Å². The lowest BCUT2D eigenvalue weighted by molar-refractivity contribution is -0.146. The number of aliphatic hydroxyl groups excluding tert-OH is 2. The van der Waals surface area contributed by atoms with Crippen molar-refractivity contribution in [2.24, 2.45) is 10.8 Å². The molecule has 0 fully saturated rings. The van der Waals surface area contributed by atoms with Gasteiger partial charge in [0.2, 0.25) is 0 Å². The lowest BCUT2D eigenvalue weighted by Gasteiger charge is -2.08. The first-order valence-electron chi connectivity index (χ1n) is 7.64. The van der Waals surface area contributed by atoms with Crippen LogP contribution in [0.25, 0.3) is 0 Å². The van der Waals surface area contributed by atoms with Crippen molar-refractivity contribution in [2.45, 2.75) is 41.5 Å². The monoisotopic (exact) mass is 354 g/mol. The minimum Gasteiger partial charge on any atom is -0.481 e. The van der Waals surface area contributed by atoms with Crippen molar-refractivity contribution in [3.63, 3.8) is 0 Å². The van der Waals surface area contributed by atoms with Crippen LogP contribution in [0.2, 0.25) is 0 Å². The van der Waals surface area contributed by atoms with E-state index >= 15 is 0 Å². The van der Waals surface area contributed by atoms with Crippen molar-refractivity contribution in [1.29, 1.82) is 0 Å². The lowest BCUT2D eigenvalue weighted by Crippen LogP contribution is -2.18. The fraction of sp³-hybridized carbons (Fsp3) is 0.875. The minimum absolute atomic E-state index is 0.0417. The van der Waals surface area contributed by atoms with E-state index in [0.29, 0.717) is 26.4 Å². The van der Waals surface area contributed by atoms with Crippen molar-refractivity contribution in [1.82, 2.24) is 0 Å². The number of aliphatic carboxylic acids is 2. The van der Waals surface area contributed by atoms with Gasteiger partial charge in [0, 0.05) is 0 Å². The van der Waals surface area contributed by atoms with E-state index in [0.717, 1.165) is 0 Å². The Hall–Kier alpha value is -1.22. The Morgan fingerprint density at radius 2 is 0.875 bits per heavy atom. The molecule has 0 aliphatic rings. The number of ether oxygens (including phenoxy) is 2. The minimum atomic E-state index is -0.757. The first-order chi connectivity index (χ1) is 10.8. The zero-order chi connectivity index (χ0) is 19.8. The van der Waals surface area contributed by atoms with Gasteiger partial charge in [0.25, 0.3) is 0 Å². The molecule has 0 aliphatic heterocycles. The van der Waals surface area contributed by atoms with Gasteiger partial charge < -0.3 is 29.9 Å². The quantitative estimate of drug-likeness (QED) is 0.502. The average molecular weight is 354 g/mol. The molecule has 8 heteroatoms. The smallest absolute Gasteiger partial charge is 0.308 e. The van der Waals surface area contributed by atoms with Crippen LogP contribution in [0, 0.1) is 10.8 Å². The number of carbonyl (C=O) groups is 2. The van der Waals surface area contributed by atoms with Gasteiger partial charge in [-0.25, -0.2) is 0 Å². The Balaban J connectivity index is -0.000000283. The van der Waals surface area contributed by atoms with Gasteiger partial charge in [-0.05, 0) is 41.5 Å². The summed E-state index contributed by atoms with van der Waals surface area (Å²) < 4.78 is 9.75. The Labute approximate surface area is 144 Å². The normalized spacial score (nSPS) is 10.8. The van der Waals surface area contributed by atoms with E-state index in [9.17, 15) is 9.59 Å². The van der Waals surface area contributed by atoms with Crippen LogP contribution in [0.5, 0.6) is 0 Å². The molecule has 0 aromatic carbocycles. The van der Waals surface area contributed by atoms with Gasteiger partial charge in [-0.3, -0.25) is 9.59 Å². The van der Waals surface area contributed by atoms with Crippen molar-refractivity contribution < 1.29 is 39.5 Å². The molecule has 0 saturated carbocycles. The maximum absolute atomic E-state index is 10.0. The fourth-order valence-electron chi connectivity index (χ4n) is 0.451. The predicted octanol–water partition coefficient (Wildman–Crippen LogP) is 1.24. The third-order valence-electron chi connectivity index (χ3n) is 2.13. The molecular weight excluding hydrogens is 320 g/mol. The summed E-state index contributed by atoms with van der Waals surface area (Å²) in [4.78, 5) is 20.0. The van der Waals surface area contributed by atoms with Crippen LogP contribution in [0.3, 0.4) is 0 Å². The number of hydrogen-bond acceptors (Lipinski definition) is 6. The summed E-state index contributed by atoms with van der Waals surface area (Å²) in [5.41, 5.74) is -1.17. The largest absolute Gasteiger partial charge is 0.481 e. The SMILES string of the molecule is CC(C)(C)C(=O)O.CC(C)(C)C(=O)O.OCCOCCOCCO. The Morgan fingerprint density at radius 3 is 1.00 bits per heavy atom. The van der Waals surface area contributed by atoms with Crippen LogP contribution in [0.4, 0.5) is 0 Å². The van der Waals surface area contributed by atoms with E-state index < -0.39 is 22.8 Å². The molecule has 146 valence electrons. The standard InChI is InChI=1S/C6H14O4.2C5H10O2/c7-1-3-9-5-6-10-4-2-8;2*1-5(2,3)4(6)7/h7-8H,1-6H2;2*1-3H3,(H,6,7). The molecule has 0 bridgehead atoms. The number of hydrogen-bond donors (Lipinski definition) is 4. The first kappa shape index (κ1) is 27.6. The van der Waals surface area contributed by atoms with Crippen LogP contribution >= 0.6 is 0 Å². The summed E-state index contributed by atoms with van der Waals surface area (Å²) in [7, 11) is 0. The number of rotatable bonds is 7. The third-order valence-corrected chi connectivity index (χ3v) is 2.13. The highest BCUT2D eigenvalue weighted by Gasteiger charge is 2.19. The molecule has 0 radical (unpaired) electrons. The molecule has 0 saturated heterocycles. The maximum atomic E-state index is 10.0. The molecule has 0 aliphatic carbocycles. The summed E-state index contributed by atoms with van der Waals surface area (Å²) in [6.07, 6.45) is 0. The van der Waals surface area contributed by atoms with E-state index in [1.54, 1.807) is 41.5 Å². The first-order valence-corrected chi connectivity index (χ1v) is 7.64. The summed E-state index contributed by atoms with van der Waals surface area (Å²) in [5, 5.41) is 33.0. The highest BCUT2D eigenvalue weighted by atomic mass is 16.5. The number of carboxylic acid groups (broad SMARTS) is 2. The van der Waals surface area contributed by atoms with Gasteiger partial charge in [0.15, 0.2) is 0 Å². The molecule has 8 nitrogen and oxygen atoms in total. The zero-order valence-corrected chi connectivity index (χ0v) is 15.7. The topological polar surface area (TPSA) is 134 Å². The summed E-state index contributed by atoms with van der Waals surface area (Å²) in [5.74, 6) is -1.51. The molecule has 0 heterocycles. The molecular formula is C16H34O8. The average Bonchev–Trinajstić information content (AvgIpc) is 2.42. The molecule has 0 aromatic rings. The van der Waals surface area contributed by atoms with E-state index in [1.807, 2.05) is 0 Å². The second kappa shape index (κ2) is 15.3. The van der Waals surface area contributed by atoms with E-state index in [1.165, 1.54) is 0 Å². The third kappa shape index (κ3) is 25.7. The fourth-order valence-corrected chi connectivity index (χ4v) is 0.451. The van der Waals surface area contributed by atoms with Crippen LogP contribution in [-0.2, 0) is 19.1 Å². The van der Waals surface area contributed by atoms with E-state index in [4.69, 9.17) is 29.9 Å². The molecule has 0 atom stereocenters. The predicted molar refractivity (Wildman–Crippen MR) is 90.0 cm³/mol. The van der Waals surface area contributed by atoms with Crippen LogP contribution in [-0.4, -0.2) is 72.0 Å². The van der Waals surface area contributed by atoms with Crippen molar-refractivity contribution >= 4 is 11.9 Å². The second-order valence-electron chi connectivity index (χ2n) is 6.78. The van der Waals surface area contributed by atoms with Gasteiger partial charge in [0.05, 0.1) is 50.5 Å². The van der Waals surface area contributed by atoms with Crippen LogP contribution in [0.1, 0.15) is 41.5 Å². The summed E-state index contributed by atoms with van der Waals surface area (Å²) in [6, 6.07) is 0. The molecule has 24 heavy (non-hydrogen) atoms. The Kier molecular flexibility index (Phi) is 17.6. The Morgan fingerprint density at radius 1 is 0.667 bits per heavy atom. The Bertz CT molecular complexity index is 283. The number of carboxylic acids is 2. The molecule has 4 N–H and O–H groups in total. The molecule has 0 unspecified atom stereocenters. The molecule has 0 spiro atoms. The molecule has 0 rings (SSSR count). The zero-order valence-electron chi connectivity index (χ0n) is 15.7. The van der Waals surface area contributed by atoms with Crippen LogP contribution < -0.4 is 0 Å². The summed E-state index contributed by atoms with van der Waals surface area (Å²) in [6.45, 7) is 11.7. The van der Waals surface area contributed by atoms with Gasteiger partial charge >= 0.3 is 11.9 Å². The highest BCUT2D eigenvalue weighted by Crippen LogP contribution is 2.11. The second-order valence-corrected chi connectivity index (χ2v) is 6.78. The van der Waals surface area contributed by atoms with Crippen molar-refractivity contribution in [3.8, 4) is 0 Å². The van der Waals surface area contributed by atoms with Crippen molar-refractivity contribution in [3.05, 3.63) is 0 Å². The summed E-state index contributed by atoms with van der Waals surface area (Å²) >= 11 is 0. The number of aliphatic hydroxyl groups is 2. The van der Waals surface area contributed by atoms with Gasteiger partial charge in [-0.2, -0.15) is 0 Å². The van der Waals surface area contributed by atoms with Crippen molar-refractivity contribution in [2.75, 3.05) is 39.6 Å². The van der Waals surface area contributed by atoms with Crippen LogP contribution in [0.15, 0.2) is 0 Å². The van der Waals surface area contributed by atoms with E-state index in [-0.39, 0.29) is 13.2 Å². The molecule has 0 aromatic heterocycles. The van der Waals surface area contributed by atoms with Gasteiger partial charge in [-0.1, -0.05) is 0 Å². The van der Waals surface area contributed by atoms with E-state index in [2.05, 4.69) is 0 Å². The molecule has 0 amide bonds. The lowest BCUT2D eigenvalue weighted by atomic mass is 9.98. The highest BCUT2D eigenvalue weighted by molar-refractivity contribution is 5.73. The van der Waals surface area contributed by atoms with Gasteiger partial charge in [-0.15, -0.1) is 0 Å².